The summed E-state index contributed by atoms with van der Waals surface area (Å²) in [5.41, 5.74) is 0.239. The van der Waals surface area contributed by atoms with Crippen LogP contribution in [-0.4, -0.2) is 64.5 Å². The fourth-order valence-electron chi connectivity index (χ4n) is 2.96. The average Bonchev–Trinajstić information content (AvgIpc) is 2.67. The first-order valence-electron chi connectivity index (χ1n) is 8.36. The van der Waals surface area contributed by atoms with Gasteiger partial charge in [-0.05, 0) is 12.6 Å². The number of aromatic amines is 1. The fourth-order valence-corrected chi connectivity index (χ4v) is 2.96. The molecule has 2 amide bonds. The number of piperazine rings is 1. The third-order valence-corrected chi connectivity index (χ3v) is 4.49. The number of carbonyl (C=O) groups is 2. The zero-order valence-corrected chi connectivity index (χ0v) is 14.1. The summed E-state index contributed by atoms with van der Waals surface area (Å²) in [6.45, 7) is 5.77. The zero-order valence-electron chi connectivity index (χ0n) is 14.1. The predicted octanol–water partition coefficient (Wildman–Crippen LogP) is -0.297. The molecule has 0 aliphatic carbocycles. The summed E-state index contributed by atoms with van der Waals surface area (Å²) < 4.78 is 0. The second-order valence-electron chi connectivity index (χ2n) is 5.95. The summed E-state index contributed by atoms with van der Waals surface area (Å²) in [7, 11) is 0. The first-order chi connectivity index (χ1) is 12.1. The maximum Gasteiger partial charge on any atom is 0.311 e. The van der Waals surface area contributed by atoms with Gasteiger partial charge in [0.15, 0.2) is 0 Å². The van der Waals surface area contributed by atoms with E-state index >= 15 is 0 Å². The van der Waals surface area contributed by atoms with Crippen molar-refractivity contribution in [3.63, 3.8) is 0 Å². The van der Waals surface area contributed by atoms with E-state index in [4.69, 9.17) is 0 Å². The van der Waals surface area contributed by atoms with Gasteiger partial charge in [-0.3, -0.25) is 14.4 Å². The second-order valence-corrected chi connectivity index (χ2v) is 5.95. The van der Waals surface area contributed by atoms with Gasteiger partial charge in [0, 0.05) is 31.6 Å². The average molecular weight is 343 g/mol. The van der Waals surface area contributed by atoms with E-state index < -0.39 is 11.8 Å². The van der Waals surface area contributed by atoms with Gasteiger partial charge in [0.1, 0.15) is 0 Å². The minimum Gasteiger partial charge on any atom is -0.342 e. The Labute approximate surface area is 144 Å². The molecule has 0 atom stereocenters. The summed E-state index contributed by atoms with van der Waals surface area (Å²) >= 11 is 0. The van der Waals surface area contributed by atoms with E-state index in [1.807, 2.05) is 0 Å². The number of H-pyrrole nitrogens is 1. The summed E-state index contributed by atoms with van der Waals surface area (Å²) in [6.07, 6.45) is 0. The maximum absolute atomic E-state index is 12.2. The second kappa shape index (κ2) is 7.43. The highest BCUT2D eigenvalue weighted by molar-refractivity contribution is 6.35. The molecule has 2 N–H and O–H groups in total. The lowest BCUT2D eigenvalue weighted by Gasteiger charge is -2.33. The standard InChI is InChI=1S/C17H21N5O3/c1-2-21-7-9-22(10-8-21)17(25)16(24)18-11-14-12-5-3-4-6-13(12)15(23)20-19-14/h3-6H,2,7-11H2,1H3,(H,18,24)(H,20,23). The number of carbonyl (C=O) groups excluding carboxylic acids is 2. The Morgan fingerprint density at radius 1 is 1.16 bits per heavy atom. The van der Waals surface area contributed by atoms with E-state index in [0.29, 0.717) is 29.6 Å². The van der Waals surface area contributed by atoms with E-state index in [1.165, 1.54) is 0 Å². The minimum absolute atomic E-state index is 0.0802. The van der Waals surface area contributed by atoms with Crippen molar-refractivity contribution in [3.8, 4) is 0 Å². The molecule has 0 unspecified atom stereocenters. The predicted molar refractivity (Wildman–Crippen MR) is 92.9 cm³/mol. The Morgan fingerprint density at radius 2 is 1.84 bits per heavy atom. The molecule has 8 nitrogen and oxygen atoms in total. The van der Waals surface area contributed by atoms with Crippen molar-refractivity contribution in [3.05, 3.63) is 40.3 Å². The van der Waals surface area contributed by atoms with E-state index in [9.17, 15) is 14.4 Å². The summed E-state index contributed by atoms with van der Waals surface area (Å²) in [6, 6.07) is 7.02. The quantitative estimate of drug-likeness (QED) is 0.746. The molecule has 0 saturated carbocycles. The van der Waals surface area contributed by atoms with Crippen LogP contribution in [0.3, 0.4) is 0 Å². The van der Waals surface area contributed by atoms with Gasteiger partial charge in [-0.25, -0.2) is 5.10 Å². The maximum atomic E-state index is 12.2. The first-order valence-corrected chi connectivity index (χ1v) is 8.36. The van der Waals surface area contributed by atoms with Crippen molar-refractivity contribution >= 4 is 22.6 Å². The smallest absolute Gasteiger partial charge is 0.311 e. The van der Waals surface area contributed by atoms with E-state index in [-0.39, 0.29) is 12.1 Å². The molecule has 0 bridgehead atoms. The van der Waals surface area contributed by atoms with Crippen molar-refractivity contribution in [2.24, 2.45) is 0 Å². The third kappa shape index (κ3) is 3.69. The van der Waals surface area contributed by atoms with Crippen LogP contribution < -0.4 is 10.9 Å². The molecule has 1 saturated heterocycles. The Kier molecular flexibility index (Phi) is 5.08. The summed E-state index contributed by atoms with van der Waals surface area (Å²) in [5.74, 6) is -1.17. The zero-order chi connectivity index (χ0) is 17.8. The lowest BCUT2D eigenvalue weighted by atomic mass is 10.1. The topological polar surface area (TPSA) is 98.4 Å². The van der Waals surface area contributed by atoms with Gasteiger partial charge < -0.3 is 15.1 Å². The van der Waals surface area contributed by atoms with Gasteiger partial charge >= 0.3 is 11.8 Å². The van der Waals surface area contributed by atoms with Crippen LogP contribution in [-0.2, 0) is 16.1 Å². The molecular weight excluding hydrogens is 322 g/mol. The number of fused-ring (bicyclic) bond motifs is 1. The molecule has 1 aliphatic rings. The monoisotopic (exact) mass is 343 g/mol. The number of rotatable bonds is 3. The Bertz CT molecular complexity index is 840. The third-order valence-electron chi connectivity index (χ3n) is 4.49. The highest BCUT2D eigenvalue weighted by atomic mass is 16.2. The molecule has 1 aliphatic heterocycles. The molecule has 1 aromatic carbocycles. The lowest BCUT2D eigenvalue weighted by molar-refractivity contribution is -0.147. The molecule has 8 heteroatoms. The van der Waals surface area contributed by atoms with Crippen molar-refractivity contribution < 1.29 is 9.59 Å². The minimum atomic E-state index is -0.651. The van der Waals surface area contributed by atoms with Crippen molar-refractivity contribution in [1.82, 2.24) is 25.3 Å². The number of nitrogens with zero attached hydrogens (tertiary/aromatic N) is 3. The van der Waals surface area contributed by atoms with Gasteiger partial charge in [-0.2, -0.15) is 5.10 Å². The first kappa shape index (κ1) is 17.1. The number of amides is 2. The lowest BCUT2D eigenvalue weighted by Crippen LogP contribution is -2.52. The number of likely N-dealkylation sites (N-methyl/N-ethyl adjacent to an activating group) is 1. The van der Waals surface area contributed by atoms with E-state index in [0.717, 1.165) is 19.6 Å². The number of hydrogen-bond acceptors (Lipinski definition) is 5. The summed E-state index contributed by atoms with van der Waals surface area (Å²) in [5, 5.41) is 10.2. The fraction of sp³-hybridized carbons (Fsp3) is 0.412. The van der Waals surface area contributed by atoms with Gasteiger partial charge in [0.05, 0.1) is 17.6 Å². The van der Waals surface area contributed by atoms with Crippen LogP contribution >= 0.6 is 0 Å². The van der Waals surface area contributed by atoms with Crippen molar-refractivity contribution in [2.75, 3.05) is 32.7 Å². The highest BCUT2D eigenvalue weighted by Gasteiger charge is 2.25. The van der Waals surface area contributed by atoms with Crippen LogP contribution in [0.2, 0.25) is 0 Å². The summed E-state index contributed by atoms with van der Waals surface area (Å²) in [4.78, 5) is 40.0. The van der Waals surface area contributed by atoms with Crippen molar-refractivity contribution in [2.45, 2.75) is 13.5 Å². The van der Waals surface area contributed by atoms with Crippen LogP contribution in [0.1, 0.15) is 12.6 Å². The van der Waals surface area contributed by atoms with E-state index in [2.05, 4.69) is 27.3 Å². The molecule has 2 aromatic rings. The van der Waals surface area contributed by atoms with Gasteiger partial charge in [0.25, 0.3) is 5.56 Å². The van der Waals surface area contributed by atoms with Crippen LogP contribution in [0.5, 0.6) is 0 Å². The van der Waals surface area contributed by atoms with Crippen molar-refractivity contribution in [1.29, 1.82) is 0 Å². The van der Waals surface area contributed by atoms with Gasteiger partial charge in [0.2, 0.25) is 0 Å². The molecule has 2 heterocycles. The molecule has 1 aromatic heterocycles. The van der Waals surface area contributed by atoms with Crippen LogP contribution in [0.15, 0.2) is 29.1 Å². The normalized spacial score (nSPS) is 15.3. The SMILES string of the molecule is CCN1CCN(C(=O)C(=O)NCc2n[nH]c(=O)c3ccccc23)CC1. The number of hydrogen-bond donors (Lipinski definition) is 2. The van der Waals surface area contributed by atoms with Crippen LogP contribution in [0.25, 0.3) is 10.8 Å². The van der Waals surface area contributed by atoms with Gasteiger partial charge in [-0.1, -0.05) is 25.1 Å². The molecule has 1 fully saturated rings. The number of aromatic nitrogens is 2. The van der Waals surface area contributed by atoms with Crippen LogP contribution in [0.4, 0.5) is 0 Å². The molecule has 25 heavy (non-hydrogen) atoms. The molecular formula is C17H21N5O3. The Morgan fingerprint density at radius 3 is 2.52 bits per heavy atom. The highest BCUT2D eigenvalue weighted by Crippen LogP contribution is 2.12. The molecule has 0 radical (unpaired) electrons. The number of nitrogens with one attached hydrogen (secondary N) is 2. The van der Waals surface area contributed by atoms with E-state index in [1.54, 1.807) is 29.2 Å². The molecule has 0 spiro atoms. The van der Waals surface area contributed by atoms with Crippen LogP contribution in [0, 0.1) is 0 Å². The number of benzene rings is 1. The molecule has 132 valence electrons. The van der Waals surface area contributed by atoms with Gasteiger partial charge in [-0.15, -0.1) is 0 Å². The molecule has 3 rings (SSSR count). The Hall–Kier alpha value is -2.74. The Balaban J connectivity index is 1.64. The largest absolute Gasteiger partial charge is 0.342 e.